The second kappa shape index (κ2) is 5.63. The first-order chi connectivity index (χ1) is 10.2. The van der Waals surface area contributed by atoms with Crippen molar-refractivity contribution in [2.24, 2.45) is 4.99 Å². The summed E-state index contributed by atoms with van der Waals surface area (Å²) in [6.45, 7) is 0. The van der Waals surface area contributed by atoms with Crippen LogP contribution >= 0.6 is 0 Å². The average Bonchev–Trinajstić information content (AvgIpc) is 2.94. The summed E-state index contributed by atoms with van der Waals surface area (Å²) in [6.07, 6.45) is 3.58. The molecule has 0 atom stereocenters. The number of benzene rings is 2. The van der Waals surface area contributed by atoms with Crippen LogP contribution < -0.4 is 0 Å². The number of aromatic nitrogens is 1. The maximum absolute atomic E-state index is 13.1. The summed E-state index contributed by atoms with van der Waals surface area (Å²) in [6, 6.07) is 16.8. The molecule has 1 aromatic heterocycles. The molecule has 3 nitrogen and oxygen atoms in total. The number of hydrogen-bond acceptors (Lipinski definition) is 2. The van der Waals surface area contributed by atoms with Gasteiger partial charge in [-0.1, -0.05) is 6.07 Å². The summed E-state index contributed by atoms with van der Waals surface area (Å²) < 4.78 is 15.0. The zero-order valence-corrected chi connectivity index (χ0v) is 11.1. The van der Waals surface area contributed by atoms with Gasteiger partial charge in [0.25, 0.3) is 0 Å². The van der Waals surface area contributed by atoms with Crippen molar-refractivity contribution in [2.75, 3.05) is 0 Å². The third-order valence-electron chi connectivity index (χ3n) is 3.06. The van der Waals surface area contributed by atoms with Crippen molar-refractivity contribution in [3.05, 3.63) is 78.4 Å². The zero-order valence-electron chi connectivity index (χ0n) is 11.1. The number of nitrogens with zero attached hydrogens (tertiary/aromatic N) is 2. The van der Waals surface area contributed by atoms with E-state index in [-0.39, 0.29) is 11.6 Å². The van der Waals surface area contributed by atoms with E-state index in [1.54, 1.807) is 30.5 Å². The maximum Gasteiger partial charge on any atom is 0.125 e. The monoisotopic (exact) mass is 280 g/mol. The Kier molecular flexibility index (Phi) is 3.51. The molecule has 3 aromatic rings. The molecule has 1 N–H and O–H groups in total. The van der Waals surface area contributed by atoms with Crippen molar-refractivity contribution in [1.29, 1.82) is 0 Å². The van der Waals surface area contributed by atoms with Crippen LogP contribution in [0.15, 0.2) is 71.9 Å². The van der Waals surface area contributed by atoms with Gasteiger partial charge in [0.2, 0.25) is 0 Å². The molecule has 0 aliphatic rings. The van der Waals surface area contributed by atoms with Crippen molar-refractivity contribution >= 4 is 11.9 Å². The molecule has 104 valence electrons. The first kappa shape index (κ1) is 13.1. The van der Waals surface area contributed by atoms with Gasteiger partial charge in [0.15, 0.2) is 0 Å². The Morgan fingerprint density at radius 2 is 1.81 bits per heavy atom. The summed E-state index contributed by atoms with van der Waals surface area (Å²) in [5.74, 6) is -0.0838. The molecule has 2 aromatic carbocycles. The van der Waals surface area contributed by atoms with Crippen molar-refractivity contribution in [3.63, 3.8) is 0 Å². The quantitative estimate of drug-likeness (QED) is 0.721. The van der Waals surface area contributed by atoms with Crippen LogP contribution in [0.1, 0.15) is 5.69 Å². The van der Waals surface area contributed by atoms with Crippen LogP contribution in [0, 0.1) is 5.82 Å². The second-order valence-electron chi connectivity index (χ2n) is 4.56. The molecule has 0 aliphatic carbocycles. The van der Waals surface area contributed by atoms with Crippen LogP contribution in [0.5, 0.6) is 5.75 Å². The number of aromatic hydroxyl groups is 1. The van der Waals surface area contributed by atoms with Gasteiger partial charge in [-0.05, 0) is 54.6 Å². The number of halogens is 1. The largest absolute Gasteiger partial charge is 0.508 e. The van der Waals surface area contributed by atoms with Gasteiger partial charge in [-0.3, -0.25) is 4.99 Å². The fraction of sp³-hybridized carbons (Fsp3) is 0. The highest BCUT2D eigenvalue weighted by molar-refractivity contribution is 5.81. The van der Waals surface area contributed by atoms with Crippen molar-refractivity contribution in [2.45, 2.75) is 0 Å². The molecule has 0 fully saturated rings. The lowest BCUT2D eigenvalue weighted by molar-refractivity contribution is 0.475. The smallest absolute Gasteiger partial charge is 0.125 e. The Hall–Kier alpha value is -2.88. The number of hydrogen-bond donors (Lipinski definition) is 1. The molecule has 0 radical (unpaired) electrons. The fourth-order valence-corrected chi connectivity index (χ4v) is 2.04. The van der Waals surface area contributed by atoms with Gasteiger partial charge in [-0.2, -0.15) is 0 Å². The topological polar surface area (TPSA) is 37.5 Å². The van der Waals surface area contributed by atoms with Gasteiger partial charge >= 0.3 is 0 Å². The highest BCUT2D eigenvalue weighted by Gasteiger charge is 2.01. The minimum atomic E-state index is -0.307. The van der Waals surface area contributed by atoms with Gasteiger partial charge in [-0.25, -0.2) is 4.39 Å². The number of phenols is 1. The van der Waals surface area contributed by atoms with E-state index in [0.717, 1.165) is 11.4 Å². The Labute approximate surface area is 121 Å². The summed E-state index contributed by atoms with van der Waals surface area (Å²) in [4.78, 5) is 4.28. The third kappa shape index (κ3) is 3.00. The normalized spacial score (nSPS) is 11.1. The molecule has 0 bridgehead atoms. The average molecular weight is 280 g/mol. The molecule has 1 heterocycles. The van der Waals surface area contributed by atoms with E-state index in [1.807, 2.05) is 35.0 Å². The van der Waals surface area contributed by atoms with Crippen LogP contribution in [0.25, 0.3) is 5.69 Å². The van der Waals surface area contributed by atoms with E-state index in [1.165, 1.54) is 12.1 Å². The number of phenolic OH excluding ortho intramolecular Hbond substituents is 1. The Bertz CT molecular complexity index is 775. The van der Waals surface area contributed by atoms with Crippen molar-refractivity contribution in [3.8, 4) is 11.4 Å². The van der Waals surface area contributed by atoms with E-state index >= 15 is 0 Å². The summed E-state index contributed by atoms with van der Waals surface area (Å²) in [5.41, 5.74) is 2.34. The summed E-state index contributed by atoms with van der Waals surface area (Å²) >= 11 is 0. The zero-order chi connectivity index (χ0) is 14.7. The molecular weight excluding hydrogens is 267 g/mol. The lowest BCUT2D eigenvalue weighted by atomic mass is 10.3. The number of aliphatic imine (C=N–C) groups is 1. The molecule has 0 amide bonds. The molecular formula is C17H13FN2O. The van der Waals surface area contributed by atoms with Gasteiger partial charge in [0, 0.05) is 11.9 Å². The minimum absolute atomic E-state index is 0.223. The van der Waals surface area contributed by atoms with Gasteiger partial charge in [-0.15, -0.1) is 0 Å². The van der Waals surface area contributed by atoms with Crippen molar-refractivity contribution < 1.29 is 9.50 Å². The van der Waals surface area contributed by atoms with Gasteiger partial charge in [0.1, 0.15) is 11.6 Å². The molecule has 0 saturated carbocycles. The predicted octanol–water partition coefficient (Wildman–Crippen LogP) is 4.07. The molecule has 4 heteroatoms. The van der Waals surface area contributed by atoms with Crippen LogP contribution in [0.4, 0.5) is 10.1 Å². The van der Waals surface area contributed by atoms with Crippen LogP contribution in [-0.4, -0.2) is 15.9 Å². The highest BCUT2D eigenvalue weighted by atomic mass is 19.1. The van der Waals surface area contributed by atoms with E-state index < -0.39 is 0 Å². The van der Waals surface area contributed by atoms with Crippen LogP contribution in [-0.2, 0) is 0 Å². The number of rotatable bonds is 3. The van der Waals surface area contributed by atoms with E-state index in [4.69, 9.17) is 0 Å². The molecule has 21 heavy (non-hydrogen) atoms. The molecule has 0 spiro atoms. The van der Waals surface area contributed by atoms with Gasteiger partial charge < -0.3 is 9.67 Å². The molecule has 0 unspecified atom stereocenters. The molecule has 3 rings (SSSR count). The molecule has 0 saturated heterocycles. The fourth-order valence-electron chi connectivity index (χ4n) is 2.04. The van der Waals surface area contributed by atoms with Gasteiger partial charge in [0.05, 0.1) is 17.6 Å². The van der Waals surface area contributed by atoms with E-state index in [0.29, 0.717) is 5.69 Å². The standard InChI is InChI=1S/C17H13FN2O/c18-13-3-1-4-14(11-13)19-12-16-5-2-10-20(16)15-6-8-17(21)9-7-15/h1-12,21H. The van der Waals surface area contributed by atoms with E-state index in [2.05, 4.69) is 4.99 Å². The highest BCUT2D eigenvalue weighted by Crippen LogP contribution is 2.17. The Balaban J connectivity index is 1.91. The lowest BCUT2D eigenvalue weighted by Gasteiger charge is -2.06. The van der Waals surface area contributed by atoms with Crippen molar-refractivity contribution in [1.82, 2.24) is 4.57 Å². The first-order valence-corrected chi connectivity index (χ1v) is 6.49. The molecule has 0 aliphatic heterocycles. The predicted molar refractivity (Wildman–Crippen MR) is 81.1 cm³/mol. The third-order valence-corrected chi connectivity index (χ3v) is 3.06. The van der Waals surface area contributed by atoms with E-state index in [9.17, 15) is 9.50 Å². The summed E-state index contributed by atoms with van der Waals surface area (Å²) in [5, 5.41) is 9.33. The van der Waals surface area contributed by atoms with Crippen LogP contribution in [0.2, 0.25) is 0 Å². The Morgan fingerprint density at radius 1 is 1.00 bits per heavy atom. The second-order valence-corrected chi connectivity index (χ2v) is 4.56. The first-order valence-electron chi connectivity index (χ1n) is 6.49. The van der Waals surface area contributed by atoms with Crippen LogP contribution in [0.3, 0.4) is 0 Å². The minimum Gasteiger partial charge on any atom is -0.508 e. The maximum atomic E-state index is 13.1. The Morgan fingerprint density at radius 3 is 2.57 bits per heavy atom. The summed E-state index contributed by atoms with van der Waals surface area (Å²) in [7, 11) is 0. The lowest BCUT2D eigenvalue weighted by Crippen LogP contribution is -1.97. The SMILES string of the molecule is Oc1ccc(-n2cccc2C=Nc2cccc(F)c2)cc1.